The third-order valence-electron chi connectivity index (χ3n) is 5.41. The highest BCUT2D eigenvalue weighted by Gasteiger charge is 2.12. The van der Waals surface area contributed by atoms with E-state index in [1.165, 1.54) is 5.56 Å². The van der Waals surface area contributed by atoms with Crippen molar-refractivity contribution in [2.45, 2.75) is 26.9 Å². The number of rotatable bonds is 5. The van der Waals surface area contributed by atoms with Crippen LogP contribution in [0, 0.1) is 13.8 Å². The molecule has 9 heteroatoms. The molecular formula is C22H20BrN7O. The number of hydrogen-bond donors (Lipinski definition) is 1. The Morgan fingerprint density at radius 3 is 2.94 bits per heavy atom. The van der Waals surface area contributed by atoms with Crippen molar-refractivity contribution in [3.8, 4) is 0 Å². The molecule has 5 rings (SSSR count). The molecule has 0 aliphatic carbocycles. The van der Waals surface area contributed by atoms with Gasteiger partial charge in [-0.15, -0.1) is 0 Å². The summed E-state index contributed by atoms with van der Waals surface area (Å²) in [5.74, 6) is -0.191. The summed E-state index contributed by atoms with van der Waals surface area (Å²) < 4.78 is 6.69. The zero-order valence-electron chi connectivity index (χ0n) is 17.1. The van der Waals surface area contributed by atoms with E-state index >= 15 is 0 Å². The van der Waals surface area contributed by atoms with Gasteiger partial charge in [0.05, 0.1) is 48.1 Å². The number of amides is 1. The first kappa shape index (κ1) is 19.5. The Morgan fingerprint density at radius 2 is 2.06 bits per heavy atom. The van der Waals surface area contributed by atoms with Crippen molar-refractivity contribution in [3.05, 3.63) is 88.1 Å². The summed E-state index contributed by atoms with van der Waals surface area (Å²) in [5, 5.41) is 7.25. The number of nitrogens with zero attached hydrogens (tertiary/aromatic N) is 6. The van der Waals surface area contributed by atoms with Crippen LogP contribution in [0.4, 0.5) is 0 Å². The molecule has 0 bridgehead atoms. The number of fused-ring (bicyclic) bond motifs is 2. The van der Waals surface area contributed by atoms with Gasteiger partial charge in [-0.3, -0.25) is 9.48 Å². The minimum atomic E-state index is -0.191. The summed E-state index contributed by atoms with van der Waals surface area (Å²) in [6, 6.07) is 7.99. The van der Waals surface area contributed by atoms with Gasteiger partial charge in [-0.2, -0.15) is 5.10 Å². The molecule has 0 atom stereocenters. The van der Waals surface area contributed by atoms with Crippen molar-refractivity contribution in [1.29, 1.82) is 0 Å². The van der Waals surface area contributed by atoms with Gasteiger partial charge in [0.15, 0.2) is 0 Å². The normalized spacial score (nSPS) is 11.5. The van der Waals surface area contributed by atoms with E-state index in [2.05, 4.69) is 60.6 Å². The highest BCUT2D eigenvalue weighted by molar-refractivity contribution is 9.10. The summed E-state index contributed by atoms with van der Waals surface area (Å²) in [6.45, 7) is 4.99. The number of pyridine rings is 2. The van der Waals surface area contributed by atoms with E-state index in [1.54, 1.807) is 23.4 Å². The van der Waals surface area contributed by atoms with E-state index in [-0.39, 0.29) is 5.91 Å². The highest BCUT2D eigenvalue weighted by atomic mass is 79.9. The Balaban J connectivity index is 1.28. The number of nitrogens with one attached hydrogen (secondary N) is 1. The molecule has 31 heavy (non-hydrogen) atoms. The predicted octanol–water partition coefficient (Wildman–Crippen LogP) is 3.54. The lowest BCUT2D eigenvalue weighted by molar-refractivity contribution is 0.0950. The molecule has 0 aliphatic rings. The zero-order valence-corrected chi connectivity index (χ0v) is 18.7. The molecule has 0 spiro atoms. The molecule has 0 saturated heterocycles. The lowest BCUT2D eigenvalue weighted by Crippen LogP contribution is -2.22. The number of hydrogen-bond acceptors (Lipinski definition) is 4. The molecule has 0 unspecified atom stereocenters. The number of imidazole rings is 2. The first-order chi connectivity index (χ1) is 15.0. The zero-order chi connectivity index (χ0) is 21.5. The minimum absolute atomic E-state index is 0.191. The average molecular weight is 478 g/mol. The molecule has 5 aromatic heterocycles. The van der Waals surface area contributed by atoms with Gasteiger partial charge in [0.1, 0.15) is 5.65 Å². The van der Waals surface area contributed by atoms with Gasteiger partial charge in [-0.25, -0.2) is 9.97 Å². The van der Waals surface area contributed by atoms with Crippen LogP contribution < -0.4 is 5.32 Å². The van der Waals surface area contributed by atoms with Gasteiger partial charge < -0.3 is 14.1 Å². The molecule has 1 amide bonds. The minimum Gasteiger partial charge on any atom is -0.346 e. The van der Waals surface area contributed by atoms with Crippen LogP contribution in [0.15, 0.2) is 59.9 Å². The number of carbonyl (C=O) groups is 1. The van der Waals surface area contributed by atoms with Crippen molar-refractivity contribution < 1.29 is 4.79 Å². The second kappa shape index (κ2) is 7.66. The largest absolute Gasteiger partial charge is 0.346 e. The fourth-order valence-electron chi connectivity index (χ4n) is 3.57. The maximum absolute atomic E-state index is 12.6. The Labute approximate surface area is 186 Å². The number of carbonyl (C=O) groups excluding carboxylic acids is 1. The molecule has 8 nitrogen and oxygen atoms in total. The third kappa shape index (κ3) is 3.72. The van der Waals surface area contributed by atoms with Crippen molar-refractivity contribution in [1.82, 2.24) is 33.9 Å². The van der Waals surface area contributed by atoms with Gasteiger partial charge in [0.2, 0.25) is 0 Å². The number of aryl methyl sites for hydroxylation is 2. The van der Waals surface area contributed by atoms with Crippen LogP contribution in [0.3, 0.4) is 0 Å². The molecule has 156 valence electrons. The maximum Gasteiger partial charge on any atom is 0.254 e. The van der Waals surface area contributed by atoms with E-state index in [4.69, 9.17) is 0 Å². The summed E-state index contributed by atoms with van der Waals surface area (Å²) in [7, 11) is 0. The summed E-state index contributed by atoms with van der Waals surface area (Å²) in [4.78, 5) is 21.7. The van der Waals surface area contributed by atoms with E-state index < -0.39 is 0 Å². The standard InChI is InChI=1S/C22H20BrN7O/c1-14-3-4-21-27-18(12-30(21)15(14)2)11-29-10-16(8-26-29)22(31)24-9-19-20-7-17(23)5-6-28(20)13-25-19/h3-8,10,12-13H,9,11H2,1-2H3,(H,24,31). The van der Waals surface area contributed by atoms with Crippen LogP contribution in [0.5, 0.6) is 0 Å². The molecule has 0 aliphatic heterocycles. The average Bonchev–Trinajstić information content (AvgIpc) is 3.48. The molecule has 0 aromatic carbocycles. The van der Waals surface area contributed by atoms with Crippen LogP contribution in [0.25, 0.3) is 11.2 Å². The Morgan fingerprint density at radius 1 is 1.19 bits per heavy atom. The SMILES string of the molecule is Cc1ccc2nc(Cn3cc(C(=O)NCc4ncn5ccc(Br)cc45)cn3)cn2c1C. The Hall–Kier alpha value is -3.46. The smallest absolute Gasteiger partial charge is 0.254 e. The summed E-state index contributed by atoms with van der Waals surface area (Å²) >= 11 is 3.47. The van der Waals surface area contributed by atoms with Crippen molar-refractivity contribution in [3.63, 3.8) is 0 Å². The maximum atomic E-state index is 12.6. The monoisotopic (exact) mass is 477 g/mol. The van der Waals surface area contributed by atoms with E-state index in [9.17, 15) is 4.79 Å². The molecule has 5 aromatic rings. The second-order valence-electron chi connectivity index (χ2n) is 7.50. The first-order valence-corrected chi connectivity index (χ1v) is 10.6. The first-order valence-electron chi connectivity index (χ1n) is 9.84. The van der Waals surface area contributed by atoms with E-state index in [0.29, 0.717) is 18.7 Å². The Bertz CT molecular complexity index is 1430. The predicted molar refractivity (Wildman–Crippen MR) is 120 cm³/mol. The van der Waals surface area contributed by atoms with Crippen LogP contribution in [0.2, 0.25) is 0 Å². The van der Waals surface area contributed by atoms with Crippen molar-refractivity contribution >= 4 is 33.0 Å². The van der Waals surface area contributed by atoms with E-state index in [1.807, 2.05) is 35.0 Å². The molecule has 0 saturated carbocycles. The summed E-state index contributed by atoms with van der Waals surface area (Å²) in [5.41, 5.74) is 6.42. The van der Waals surface area contributed by atoms with Gasteiger partial charge in [-0.05, 0) is 37.6 Å². The highest BCUT2D eigenvalue weighted by Crippen LogP contribution is 2.16. The van der Waals surface area contributed by atoms with Gasteiger partial charge in [0, 0.05) is 28.8 Å². The van der Waals surface area contributed by atoms with Crippen LogP contribution in [-0.4, -0.2) is 34.5 Å². The van der Waals surface area contributed by atoms with Crippen LogP contribution in [0.1, 0.15) is 33.0 Å². The summed E-state index contributed by atoms with van der Waals surface area (Å²) in [6.07, 6.45) is 8.98. The van der Waals surface area contributed by atoms with Crippen LogP contribution >= 0.6 is 15.9 Å². The van der Waals surface area contributed by atoms with Crippen molar-refractivity contribution in [2.24, 2.45) is 0 Å². The number of aromatic nitrogens is 6. The lowest BCUT2D eigenvalue weighted by Gasteiger charge is -2.02. The fraction of sp³-hybridized carbons (Fsp3) is 0.182. The second-order valence-corrected chi connectivity index (χ2v) is 8.42. The van der Waals surface area contributed by atoms with E-state index in [0.717, 1.165) is 32.7 Å². The fourth-order valence-corrected chi connectivity index (χ4v) is 3.90. The van der Waals surface area contributed by atoms with Gasteiger partial charge >= 0.3 is 0 Å². The van der Waals surface area contributed by atoms with Gasteiger partial charge in [0.25, 0.3) is 5.91 Å². The van der Waals surface area contributed by atoms with Crippen LogP contribution in [-0.2, 0) is 13.1 Å². The van der Waals surface area contributed by atoms with Crippen molar-refractivity contribution in [2.75, 3.05) is 0 Å². The molecule has 0 radical (unpaired) electrons. The number of halogens is 1. The Kier molecular flexibility index (Phi) is 4.82. The quantitative estimate of drug-likeness (QED) is 0.419. The third-order valence-corrected chi connectivity index (χ3v) is 5.91. The molecule has 0 fully saturated rings. The van der Waals surface area contributed by atoms with Gasteiger partial charge in [-0.1, -0.05) is 22.0 Å². The molecule has 5 heterocycles. The lowest BCUT2D eigenvalue weighted by atomic mass is 10.2. The topological polar surface area (TPSA) is 81.5 Å². The molecular weight excluding hydrogens is 458 g/mol. The molecule has 1 N–H and O–H groups in total.